The molecule has 1 saturated carbocycles. The van der Waals surface area contributed by atoms with Crippen LogP contribution in [0.5, 0.6) is 0 Å². The second-order valence-electron chi connectivity index (χ2n) is 4.99. The average molecular weight is 300 g/mol. The van der Waals surface area contributed by atoms with Gasteiger partial charge in [0.1, 0.15) is 30.5 Å². The molecule has 6 N–H and O–H groups in total. The zero-order valence-corrected chi connectivity index (χ0v) is 10.4. The van der Waals surface area contributed by atoms with Gasteiger partial charge in [0.05, 0.1) is 6.04 Å². The SMILES string of the molecule is O=C(O)c1nnn2c1C(=O)N[C@H]1[C@H](O)[C@H](O)[C@@H](O)[C@@H](O)[C@@H]12. The normalized spacial score (nSPS) is 38.4. The fourth-order valence-electron chi connectivity index (χ4n) is 2.78. The Morgan fingerprint density at radius 2 is 1.71 bits per heavy atom. The highest BCUT2D eigenvalue weighted by Crippen LogP contribution is 2.34. The molecule has 11 heteroatoms. The van der Waals surface area contributed by atoms with E-state index in [1.165, 1.54) is 0 Å². The minimum atomic E-state index is -1.68. The summed E-state index contributed by atoms with van der Waals surface area (Å²) >= 11 is 0. The number of nitrogens with one attached hydrogen (secondary N) is 1. The number of hydrogen-bond acceptors (Lipinski definition) is 8. The van der Waals surface area contributed by atoms with Crippen molar-refractivity contribution in [2.75, 3.05) is 0 Å². The van der Waals surface area contributed by atoms with Crippen molar-refractivity contribution in [2.24, 2.45) is 0 Å². The first-order valence-electron chi connectivity index (χ1n) is 6.06. The molecule has 1 aromatic rings. The molecule has 2 heterocycles. The standard InChI is InChI=1S/C10H12N4O7/c15-5-1-3(6(16)8(18)7(5)17)14-4(9(19)11-1)2(10(20)21)12-13-14/h1,3,5-8,15-18H,(H,11,19)(H,20,21)/t1-,3-,5+,6+,7+,8+/m1/s1. The highest BCUT2D eigenvalue weighted by Gasteiger charge is 2.54. The molecular formula is C10H12N4O7. The molecule has 0 radical (unpaired) electrons. The molecule has 0 unspecified atom stereocenters. The van der Waals surface area contributed by atoms with E-state index in [0.717, 1.165) is 4.68 Å². The van der Waals surface area contributed by atoms with Crippen molar-refractivity contribution in [2.45, 2.75) is 36.5 Å². The van der Waals surface area contributed by atoms with Crippen molar-refractivity contribution in [3.8, 4) is 0 Å². The number of carbonyl (C=O) groups excluding carboxylic acids is 1. The molecule has 0 saturated heterocycles. The Kier molecular flexibility index (Phi) is 2.95. The summed E-state index contributed by atoms with van der Waals surface area (Å²) in [5.74, 6) is -2.33. The van der Waals surface area contributed by atoms with Crippen LogP contribution in [-0.2, 0) is 0 Å². The molecular weight excluding hydrogens is 288 g/mol. The van der Waals surface area contributed by atoms with Gasteiger partial charge in [-0.2, -0.15) is 0 Å². The predicted molar refractivity (Wildman–Crippen MR) is 61.3 cm³/mol. The van der Waals surface area contributed by atoms with Gasteiger partial charge < -0.3 is 30.8 Å². The Morgan fingerprint density at radius 1 is 1.10 bits per heavy atom. The highest BCUT2D eigenvalue weighted by molar-refractivity contribution is 6.02. The number of carboxylic acid groups (broad SMARTS) is 1. The van der Waals surface area contributed by atoms with Crippen LogP contribution >= 0.6 is 0 Å². The summed E-state index contributed by atoms with van der Waals surface area (Å²) in [6.07, 6.45) is -6.47. The molecule has 11 nitrogen and oxygen atoms in total. The predicted octanol–water partition coefficient (Wildman–Crippen LogP) is -3.91. The molecule has 21 heavy (non-hydrogen) atoms. The van der Waals surface area contributed by atoms with Crippen molar-refractivity contribution in [1.29, 1.82) is 0 Å². The molecule has 1 fully saturated rings. The van der Waals surface area contributed by atoms with Gasteiger partial charge in [-0.1, -0.05) is 5.21 Å². The van der Waals surface area contributed by atoms with Crippen LogP contribution in [0.15, 0.2) is 0 Å². The average Bonchev–Trinajstić information content (AvgIpc) is 2.88. The van der Waals surface area contributed by atoms with Crippen LogP contribution in [0.4, 0.5) is 0 Å². The van der Waals surface area contributed by atoms with Crippen LogP contribution in [0, 0.1) is 0 Å². The second kappa shape index (κ2) is 4.46. The molecule has 0 aromatic carbocycles. The van der Waals surface area contributed by atoms with Gasteiger partial charge in [-0.25, -0.2) is 9.48 Å². The van der Waals surface area contributed by atoms with Gasteiger partial charge >= 0.3 is 5.97 Å². The Morgan fingerprint density at radius 3 is 2.33 bits per heavy atom. The largest absolute Gasteiger partial charge is 0.476 e. The maximum Gasteiger partial charge on any atom is 0.358 e. The van der Waals surface area contributed by atoms with E-state index < -0.39 is 59.8 Å². The molecule has 1 amide bonds. The lowest BCUT2D eigenvalue weighted by molar-refractivity contribution is -0.168. The monoisotopic (exact) mass is 300 g/mol. The quantitative estimate of drug-likeness (QED) is 0.302. The fourth-order valence-corrected chi connectivity index (χ4v) is 2.78. The molecule has 0 spiro atoms. The summed E-state index contributed by atoms with van der Waals surface area (Å²) in [6, 6.07) is -2.28. The lowest BCUT2D eigenvalue weighted by Gasteiger charge is -2.46. The van der Waals surface area contributed by atoms with Gasteiger partial charge in [0.25, 0.3) is 5.91 Å². The first-order chi connectivity index (χ1) is 9.84. The van der Waals surface area contributed by atoms with E-state index >= 15 is 0 Å². The number of carbonyl (C=O) groups is 2. The number of rotatable bonds is 1. The minimum Gasteiger partial charge on any atom is -0.476 e. The van der Waals surface area contributed by atoms with E-state index in [-0.39, 0.29) is 0 Å². The van der Waals surface area contributed by atoms with E-state index in [1.54, 1.807) is 0 Å². The maximum atomic E-state index is 12.0. The zero-order chi connectivity index (χ0) is 15.5. The molecule has 1 aromatic heterocycles. The molecule has 6 atom stereocenters. The number of aliphatic hydroxyl groups excluding tert-OH is 4. The summed E-state index contributed by atoms with van der Waals surface area (Å²) < 4.78 is 0.857. The van der Waals surface area contributed by atoms with Gasteiger partial charge in [0.15, 0.2) is 5.69 Å². The van der Waals surface area contributed by atoms with Gasteiger partial charge in [-0.15, -0.1) is 5.10 Å². The first-order valence-corrected chi connectivity index (χ1v) is 6.06. The maximum absolute atomic E-state index is 12.0. The Bertz CT molecular complexity index is 617. The molecule has 2 aliphatic rings. The minimum absolute atomic E-state index is 0.390. The Hall–Kier alpha value is -2.08. The lowest BCUT2D eigenvalue weighted by atomic mass is 9.80. The zero-order valence-electron chi connectivity index (χ0n) is 10.4. The summed E-state index contributed by atoms with van der Waals surface area (Å²) in [6.45, 7) is 0. The van der Waals surface area contributed by atoms with Crippen LogP contribution in [-0.4, -0.2) is 82.9 Å². The number of hydrogen-bond donors (Lipinski definition) is 6. The third kappa shape index (κ3) is 1.75. The van der Waals surface area contributed by atoms with Crippen LogP contribution in [0.25, 0.3) is 0 Å². The van der Waals surface area contributed by atoms with Crippen molar-refractivity contribution in [3.63, 3.8) is 0 Å². The number of aromatic carboxylic acids is 1. The number of aromatic nitrogens is 3. The summed E-state index contributed by atoms with van der Waals surface area (Å²) in [7, 11) is 0. The number of carboxylic acids is 1. The molecule has 0 bridgehead atoms. The molecule has 1 aliphatic carbocycles. The second-order valence-corrected chi connectivity index (χ2v) is 4.99. The van der Waals surface area contributed by atoms with Crippen LogP contribution < -0.4 is 5.32 Å². The molecule has 3 rings (SSSR count). The smallest absolute Gasteiger partial charge is 0.358 e. The van der Waals surface area contributed by atoms with E-state index in [9.17, 15) is 30.0 Å². The van der Waals surface area contributed by atoms with Crippen LogP contribution in [0.1, 0.15) is 27.0 Å². The van der Waals surface area contributed by atoms with E-state index in [2.05, 4.69) is 15.6 Å². The van der Waals surface area contributed by atoms with Gasteiger partial charge in [-0.3, -0.25) is 4.79 Å². The van der Waals surface area contributed by atoms with Gasteiger partial charge in [0.2, 0.25) is 5.69 Å². The van der Waals surface area contributed by atoms with Gasteiger partial charge in [-0.05, 0) is 0 Å². The molecule has 1 aliphatic heterocycles. The van der Waals surface area contributed by atoms with Crippen molar-refractivity contribution in [3.05, 3.63) is 11.4 Å². The fraction of sp³-hybridized carbons (Fsp3) is 0.600. The van der Waals surface area contributed by atoms with Crippen LogP contribution in [0.2, 0.25) is 0 Å². The van der Waals surface area contributed by atoms with Crippen molar-refractivity contribution in [1.82, 2.24) is 20.3 Å². The number of amides is 1. The summed E-state index contributed by atoms with van der Waals surface area (Å²) in [5, 5.41) is 57.4. The van der Waals surface area contributed by atoms with E-state index in [0.29, 0.717) is 0 Å². The number of fused-ring (bicyclic) bond motifs is 3. The molecule has 114 valence electrons. The third-order valence-electron chi connectivity index (χ3n) is 3.83. The van der Waals surface area contributed by atoms with Gasteiger partial charge in [0, 0.05) is 0 Å². The first kappa shape index (κ1) is 13.9. The van der Waals surface area contributed by atoms with E-state index in [1.807, 2.05) is 0 Å². The topological polar surface area (TPSA) is 178 Å². The Balaban J connectivity index is 2.13. The Labute approximate surface area is 116 Å². The lowest BCUT2D eigenvalue weighted by Crippen LogP contribution is -2.68. The van der Waals surface area contributed by atoms with Crippen molar-refractivity contribution >= 4 is 11.9 Å². The van der Waals surface area contributed by atoms with E-state index in [4.69, 9.17) is 5.11 Å². The third-order valence-corrected chi connectivity index (χ3v) is 3.83. The summed E-state index contributed by atoms with van der Waals surface area (Å²) in [5.41, 5.74) is -0.994. The van der Waals surface area contributed by atoms with Crippen molar-refractivity contribution < 1.29 is 35.1 Å². The number of aliphatic hydroxyl groups is 4. The number of nitrogens with zero attached hydrogens (tertiary/aromatic N) is 3. The summed E-state index contributed by atoms with van der Waals surface area (Å²) in [4.78, 5) is 23.0. The highest BCUT2D eigenvalue weighted by atomic mass is 16.4. The van der Waals surface area contributed by atoms with Crippen LogP contribution in [0.3, 0.4) is 0 Å².